The number of nitrogens with two attached hydrogens (primary N) is 1. The van der Waals surface area contributed by atoms with E-state index in [2.05, 4.69) is 4.98 Å². The summed E-state index contributed by atoms with van der Waals surface area (Å²) in [5, 5.41) is 7.35. The molecule has 2 rings (SSSR count). The van der Waals surface area contributed by atoms with Gasteiger partial charge in [0.2, 0.25) is 0 Å². The van der Waals surface area contributed by atoms with Crippen LogP contribution in [0.2, 0.25) is 0 Å². The fourth-order valence-corrected chi connectivity index (χ4v) is 1.90. The van der Waals surface area contributed by atoms with Crippen molar-refractivity contribution in [2.75, 3.05) is 19.1 Å². The van der Waals surface area contributed by atoms with Crippen LogP contribution in [0.25, 0.3) is 0 Å². The minimum Gasteiger partial charge on any atom is -0.497 e. The van der Waals surface area contributed by atoms with Crippen molar-refractivity contribution in [3.05, 3.63) is 53.7 Å². The molecule has 0 atom stereocenters. The van der Waals surface area contributed by atoms with Gasteiger partial charge in [-0.3, -0.25) is 5.41 Å². The van der Waals surface area contributed by atoms with Crippen molar-refractivity contribution in [1.82, 2.24) is 4.98 Å². The Bertz CT molecular complexity index is 595. The van der Waals surface area contributed by atoms with Crippen LogP contribution in [0.1, 0.15) is 11.1 Å². The van der Waals surface area contributed by atoms with Gasteiger partial charge in [0.1, 0.15) is 17.4 Å². The third-order valence-corrected chi connectivity index (χ3v) is 3.00. The average molecular weight is 270 g/mol. The highest BCUT2D eigenvalue weighted by molar-refractivity contribution is 5.94. The van der Waals surface area contributed by atoms with Gasteiger partial charge in [-0.1, -0.05) is 12.1 Å². The van der Waals surface area contributed by atoms with E-state index in [-0.39, 0.29) is 5.84 Å². The lowest BCUT2D eigenvalue weighted by Gasteiger charge is -2.18. The molecule has 0 unspecified atom stereocenters. The molecule has 2 aromatic rings. The standard InChI is InChI=1S/C15H18N4O/c1-19(10-11-4-3-5-13(8-11)20-2)14-7-6-12(9-18-14)15(16)17/h3-9H,10H2,1-2H3,(H3,16,17). The van der Waals surface area contributed by atoms with E-state index in [1.54, 1.807) is 19.4 Å². The van der Waals surface area contributed by atoms with Crippen molar-refractivity contribution >= 4 is 11.7 Å². The Morgan fingerprint density at radius 2 is 2.15 bits per heavy atom. The summed E-state index contributed by atoms with van der Waals surface area (Å²) < 4.78 is 5.21. The molecule has 5 heteroatoms. The van der Waals surface area contributed by atoms with Crippen LogP contribution in [-0.4, -0.2) is 25.0 Å². The highest BCUT2D eigenvalue weighted by atomic mass is 16.5. The molecule has 104 valence electrons. The molecule has 0 fully saturated rings. The zero-order valence-electron chi connectivity index (χ0n) is 11.6. The van der Waals surface area contributed by atoms with Gasteiger partial charge in [-0.2, -0.15) is 0 Å². The molecule has 20 heavy (non-hydrogen) atoms. The van der Waals surface area contributed by atoms with Crippen LogP contribution in [0.5, 0.6) is 5.75 Å². The number of rotatable bonds is 5. The number of nitrogens with one attached hydrogen (secondary N) is 1. The fraction of sp³-hybridized carbons (Fsp3) is 0.200. The third kappa shape index (κ3) is 3.26. The molecule has 0 aliphatic heterocycles. The lowest BCUT2D eigenvalue weighted by molar-refractivity contribution is 0.414. The van der Waals surface area contributed by atoms with Crippen LogP contribution in [0.15, 0.2) is 42.6 Å². The van der Waals surface area contributed by atoms with Crippen LogP contribution in [0, 0.1) is 5.41 Å². The van der Waals surface area contributed by atoms with E-state index in [0.29, 0.717) is 5.56 Å². The van der Waals surface area contributed by atoms with Gasteiger partial charge < -0.3 is 15.4 Å². The molecule has 0 saturated heterocycles. The van der Waals surface area contributed by atoms with Crippen molar-refractivity contribution in [1.29, 1.82) is 5.41 Å². The van der Waals surface area contributed by atoms with Crippen molar-refractivity contribution in [2.24, 2.45) is 5.73 Å². The highest BCUT2D eigenvalue weighted by Gasteiger charge is 2.05. The molecule has 0 radical (unpaired) electrons. The molecule has 3 N–H and O–H groups in total. The third-order valence-electron chi connectivity index (χ3n) is 3.00. The second kappa shape index (κ2) is 6.06. The minimum atomic E-state index is 0.0273. The number of benzene rings is 1. The summed E-state index contributed by atoms with van der Waals surface area (Å²) in [5.74, 6) is 1.70. The highest BCUT2D eigenvalue weighted by Crippen LogP contribution is 2.17. The zero-order valence-corrected chi connectivity index (χ0v) is 11.6. The summed E-state index contributed by atoms with van der Waals surface area (Å²) >= 11 is 0. The predicted octanol–water partition coefficient (Wildman–Crippen LogP) is 2.01. The fourth-order valence-electron chi connectivity index (χ4n) is 1.90. The number of hydrogen-bond donors (Lipinski definition) is 2. The maximum atomic E-state index is 7.35. The zero-order chi connectivity index (χ0) is 14.5. The molecule has 0 aliphatic rings. The molecular weight excluding hydrogens is 252 g/mol. The first kappa shape index (κ1) is 13.9. The van der Waals surface area contributed by atoms with Crippen molar-refractivity contribution in [3.63, 3.8) is 0 Å². The molecule has 1 heterocycles. The Kier molecular flexibility index (Phi) is 4.20. The van der Waals surface area contributed by atoms with Gasteiger partial charge in [-0.25, -0.2) is 4.98 Å². The molecule has 0 bridgehead atoms. The lowest BCUT2D eigenvalue weighted by Crippen LogP contribution is -2.18. The molecule has 5 nitrogen and oxygen atoms in total. The monoisotopic (exact) mass is 270 g/mol. The van der Waals surface area contributed by atoms with Crippen LogP contribution in [-0.2, 0) is 6.54 Å². The Labute approximate surface area is 118 Å². The molecular formula is C15H18N4O. The Morgan fingerprint density at radius 1 is 1.35 bits per heavy atom. The first-order valence-corrected chi connectivity index (χ1v) is 6.24. The van der Waals surface area contributed by atoms with Gasteiger partial charge in [-0.05, 0) is 29.8 Å². The summed E-state index contributed by atoms with van der Waals surface area (Å²) in [5.41, 5.74) is 7.18. The number of nitrogen functional groups attached to an aromatic ring is 1. The summed E-state index contributed by atoms with van der Waals surface area (Å²) in [7, 11) is 3.63. The lowest BCUT2D eigenvalue weighted by atomic mass is 10.2. The normalized spacial score (nSPS) is 10.1. The maximum absolute atomic E-state index is 7.35. The van der Waals surface area contributed by atoms with Gasteiger partial charge in [0.25, 0.3) is 0 Å². The summed E-state index contributed by atoms with van der Waals surface area (Å²) in [6, 6.07) is 11.6. The van der Waals surface area contributed by atoms with Crippen molar-refractivity contribution in [3.8, 4) is 5.75 Å². The van der Waals surface area contributed by atoms with E-state index in [9.17, 15) is 0 Å². The van der Waals surface area contributed by atoms with Gasteiger partial charge >= 0.3 is 0 Å². The summed E-state index contributed by atoms with van der Waals surface area (Å²) in [6.07, 6.45) is 1.61. The predicted molar refractivity (Wildman–Crippen MR) is 80.4 cm³/mol. The number of ether oxygens (including phenoxy) is 1. The second-order valence-corrected chi connectivity index (χ2v) is 4.53. The number of amidine groups is 1. The maximum Gasteiger partial charge on any atom is 0.128 e. The molecule has 0 amide bonds. The van der Waals surface area contributed by atoms with Gasteiger partial charge in [0, 0.05) is 25.4 Å². The molecule has 0 aliphatic carbocycles. The smallest absolute Gasteiger partial charge is 0.128 e. The summed E-state index contributed by atoms with van der Waals surface area (Å²) in [4.78, 5) is 6.34. The van der Waals surface area contributed by atoms with E-state index in [0.717, 1.165) is 23.7 Å². The van der Waals surface area contributed by atoms with E-state index in [1.807, 2.05) is 42.3 Å². The summed E-state index contributed by atoms with van der Waals surface area (Å²) in [6.45, 7) is 0.726. The van der Waals surface area contributed by atoms with Gasteiger partial charge in [-0.15, -0.1) is 0 Å². The Morgan fingerprint density at radius 3 is 2.75 bits per heavy atom. The Hall–Kier alpha value is -2.56. The van der Waals surface area contributed by atoms with Crippen LogP contribution in [0.4, 0.5) is 5.82 Å². The first-order chi connectivity index (χ1) is 9.60. The quantitative estimate of drug-likeness (QED) is 0.643. The average Bonchev–Trinajstić information content (AvgIpc) is 2.47. The number of pyridine rings is 1. The number of nitrogens with zero attached hydrogens (tertiary/aromatic N) is 2. The first-order valence-electron chi connectivity index (χ1n) is 6.24. The largest absolute Gasteiger partial charge is 0.497 e. The molecule has 0 saturated carbocycles. The minimum absolute atomic E-state index is 0.0273. The topological polar surface area (TPSA) is 75.2 Å². The SMILES string of the molecule is COc1cccc(CN(C)c2ccc(C(=N)N)cn2)c1. The second-order valence-electron chi connectivity index (χ2n) is 4.53. The van der Waals surface area contributed by atoms with Gasteiger partial charge in [0.15, 0.2) is 0 Å². The Balaban J connectivity index is 2.10. The van der Waals surface area contributed by atoms with Crippen molar-refractivity contribution in [2.45, 2.75) is 6.54 Å². The van der Waals surface area contributed by atoms with E-state index in [1.165, 1.54) is 0 Å². The van der Waals surface area contributed by atoms with E-state index >= 15 is 0 Å². The number of aromatic nitrogens is 1. The van der Waals surface area contributed by atoms with Crippen molar-refractivity contribution < 1.29 is 4.74 Å². The van der Waals surface area contributed by atoms with Gasteiger partial charge in [0.05, 0.1) is 7.11 Å². The molecule has 1 aromatic carbocycles. The van der Waals surface area contributed by atoms with E-state index in [4.69, 9.17) is 15.9 Å². The number of methoxy groups -OCH3 is 1. The van der Waals surface area contributed by atoms with Crippen LogP contribution < -0.4 is 15.4 Å². The number of hydrogen-bond acceptors (Lipinski definition) is 4. The molecule has 0 spiro atoms. The van der Waals surface area contributed by atoms with Crippen LogP contribution in [0.3, 0.4) is 0 Å². The molecule has 1 aromatic heterocycles. The van der Waals surface area contributed by atoms with Crippen LogP contribution >= 0.6 is 0 Å². The van der Waals surface area contributed by atoms with E-state index < -0.39 is 0 Å². The number of anilines is 1.